The number of carboxylic acids is 1. The van der Waals surface area contributed by atoms with E-state index in [0.717, 1.165) is 16.8 Å². The van der Waals surface area contributed by atoms with Gasteiger partial charge in [0.1, 0.15) is 0 Å². The minimum atomic E-state index is -0.997. The molecule has 6 heteroatoms. The van der Waals surface area contributed by atoms with E-state index in [4.69, 9.17) is 11.6 Å². The summed E-state index contributed by atoms with van der Waals surface area (Å²) < 4.78 is 3.29. The van der Waals surface area contributed by atoms with Crippen LogP contribution in [0.5, 0.6) is 0 Å². The molecule has 5 nitrogen and oxygen atoms in total. The van der Waals surface area contributed by atoms with Gasteiger partial charge in [0.15, 0.2) is 0 Å². The Hall–Kier alpha value is -3.31. The molecule has 0 amide bonds. The monoisotopic (exact) mass is 420 g/mol. The number of carbonyl (C=O) groups is 1. The number of benzene rings is 3. The Bertz CT molecular complexity index is 1300. The Morgan fingerprint density at radius 3 is 2.40 bits per heavy atom. The van der Waals surface area contributed by atoms with Gasteiger partial charge in [-0.15, -0.1) is 0 Å². The molecule has 0 unspecified atom stereocenters. The van der Waals surface area contributed by atoms with Crippen molar-refractivity contribution in [2.24, 2.45) is 0 Å². The van der Waals surface area contributed by atoms with Crippen molar-refractivity contribution >= 4 is 28.6 Å². The van der Waals surface area contributed by atoms with Crippen LogP contribution in [-0.2, 0) is 6.54 Å². The predicted molar refractivity (Wildman–Crippen MR) is 119 cm³/mol. The topological polar surface area (TPSA) is 64.2 Å². The number of fused-ring (bicyclic) bond motifs is 1. The van der Waals surface area contributed by atoms with Crippen molar-refractivity contribution in [3.8, 4) is 5.69 Å². The fraction of sp³-hybridized carbons (Fsp3) is 0.167. The smallest absolute Gasteiger partial charge is 0.335 e. The highest BCUT2D eigenvalue weighted by Gasteiger charge is 2.16. The van der Waals surface area contributed by atoms with Gasteiger partial charge in [-0.3, -0.25) is 9.13 Å². The first-order chi connectivity index (χ1) is 14.3. The van der Waals surface area contributed by atoms with Gasteiger partial charge in [-0.25, -0.2) is 9.59 Å². The van der Waals surface area contributed by atoms with E-state index >= 15 is 0 Å². The van der Waals surface area contributed by atoms with Gasteiger partial charge in [0.05, 0.1) is 28.8 Å². The molecule has 1 aromatic heterocycles. The van der Waals surface area contributed by atoms with E-state index in [1.54, 1.807) is 33.4 Å². The number of aromatic carboxylic acids is 1. The van der Waals surface area contributed by atoms with Crippen LogP contribution < -0.4 is 5.69 Å². The van der Waals surface area contributed by atoms with Crippen molar-refractivity contribution in [3.05, 3.63) is 98.9 Å². The summed E-state index contributed by atoms with van der Waals surface area (Å²) in [5.74, 6) is -0.600. The van der Waals surface area contributed by atoms with Crippen LogP contribution in [0.2, 0.25) is 5.02 Å². The fourth-order valence-corrected chi connectivity index (χ4v) is 3.79. The molecule has 0 bridgehead atoms. The lowest BCUT2D eigenvalue weighted by atomic mass is 10.0. The summed E-state index contributed by atoms with van der Waals surface area (Å²) in [5, 5.41) is 9.80. The lowest BCUT2D eigenvalue weighted by Gasteiger charge is -2.08. The third kappa shape index (κ3) is 3.64. The van der Waals surface area contributed by atoms with Crippen molar-refractivity contribution in [1.29, 1.82) is 0 Å². The van der Waals surface area contributed by atoms with Crippen LogP contribution in [0.3, 0.4) is 0 Å². The second-order valence-corrected chi connectivity index (χ2v) is 8.03. The van der Waals surface area contributed by atoms with Gasteiger partial charge in [-0.2, -0.15) is 0 Å². The Balaban J connectivity index is 1.87. The zero-order valence-electron chi connectivity index (χ0n) is 16.7. The minimum absolute atomic E-state index is 0.191. The van der Waals surface area contributed by atoms with Crippen LogP contribution >= 0.6 is 11.6 Å². The molecule has 0 aliphatic rings. The molecule has 152 valence electrons. The van der Waals surface area contributed by atoms with Crippen LogP contribution in [0.25, 0.3) is 16.7 Å². The Morgan fingerprint density at radius 1 is 1.00 bits per heavy atom. The number of hydrogen-bond donors (Lipinski definition) is 1. The third-order valence-electron chi connectivity index (χ3n) is 5.22. The van der Waals surface area contributed by atoms with E-state index in [1.165, 1.54) is 11.6 Å². The second kappa shape index (κ2) is 7.84. The predicted octanol–water partition coefficient (Wildman–Crippen LogP) is 5.32. The Morgan fingerprint density at radius 2 is 1.73 bits per heavy atom. The number of aromatic nitrogens is 2. The van der Waals surface area contributed by atoms with Gasteiger partial charge in [-0.05, 0) is 59.5 Å². The molecule has 0 fully saturated rings. The second-order valence-electron chi connectivity index (χ2n) is 7.59. The summed E-state index contributed by atoms with van der Waals surface area (Å²) in [6, 6.07) is 19.9. The molecule has 0 radical (unpaired) electrons. The molecule has 4 aromatic rings. The Kier molecular flexibility index (Phi) is 5.22. The maximum Gasteiger partial charge on any atom is 0.335 e. The molecular weight excluding hydrogens is 400 g/mol. The van der Waals surface area contributed by atoms with Crippen molar-refractivity contribution < 1.29 is 9.90 Å². The van der Waals surface area contributed by atoms with Crippen molar-refractivity contribution in [1.82, 2.24) is 9.13 Å². The largest absolute Gasteiger partial charge is 0.478 e. The van der Waals surface area contributed by atoms with Gasteiger partial charge in [0.2, 0.25) is 0 Å². The molecule has 30 heavy (non-hydrogen) atoms. The molecule has 0 aliphatic carbocycles. The van der Waals surface area contributed by atoms with Crippen LogP contribution in [0.4, 0.5) is 0 Å². The molecular formula is C24H21ClN2O3. The zero-order valence-corrected chi connectivity index (χ0v) is 17.4. The molecule has 0 saturated carbocycles. The molecule has 1 heterocycles. The lowest BCUT2D eigenvalue weighted by Crippen LogP contribution is -2.23. The van der Waals surface area contributed by atoms with Gasteiger partial charge >= 0.3 is 11.7 Å². The number of carboxylic acid groups (broad SMARTS) is 1. The average Bonchev–Trinajstić information content (AvgIpc) is 2.99. The third-order valence-corrected chi connectivity index (χ3v) is 5.46. The molecule has 0 aliphatic heterocycles. The zero-order chi connectivity index (χ0) is 21.4. The Labute approximate surface area is 178 Å². The standard InChI is InChI=1S/C24H21ClN2O3/c1-15(2)17-6-9-20(10-7-17)27-22-13-19(25)8-11-21(22)26(24(27)30)14-16-4-3-5-18(12-16)23(28)29/h3-13,15H,14H2,1-2H3,(H,28,29). The molecule has 4 rings (SSSR count). The van der Waals surface area contributed by atoms with Crippen LogP contribution in [0.1, 0.15) is 41.3 Å². The minimum Gasteiger partial charge on any atom is -0.478 e. The highest BCUT2D eigenvalue weighted by molar-refractivity contribution is 6.31. The highest BCUT2D eigenvalue weighted by Crippen LogP contribution is 2.24. The summed E-state index contributed by atoms with van der Waals surface area (Å²) in [7, 11) is 0. The first-order valence-electron chi connectivity index (χ1n) is 9.68. The SMILES string of the molecule is CC(C)c1ccc(-n2c(=O)n(Cc3cccc(C(=O)O)c3)c3ccc(Cl)cc32)cc1. The summed E-state index contributed by atoms with van der Waals surface area (Å²) >= 11 is 6.23. The van der Waals surface area contributed by atoms with Gasteiger partial charge < -0.3 is 5.11 Å². The van der Waals surface area contributed by atoms with Crippen LogP contribution in [-0.4, -0.2) is 20.2 Å². The molecule has 3 aromatic carbocycles. The summed E-state index contributed by atoms with van der Waals surface area (Å²) in [4.78, 5) is 24.7. The van der Waals surface area contributed by atoms with E-state index in [-0.39, 0.29) is 17.8 Å². The number of imidazole rings is 1. The first kappa shape index (κ1) is 20.0. The number of halogens is 1. The molecule has 0 atom stereocenters. The van der Waals surface area contributed by atoms with E-state index in [1.807, 2.05) is 36.4 Å². The van der Waals surface area contributed by atoms with Gasteiger partial charge in [-0.1, -0.05) is 49.7 Å². The quantitative estimate of drug-likeness (QED) is 0.475. The first-order valence-corrected chi connectivity index (χ1v) is 10.1. The van der Waals surface area contributed by atoms with E-state index in [2.05, 4.69) is 13.8 Å². The molecule has 0 saturated heterocycles. The van der Waals surface area contributed by atoms with Gasteiger partial charge in [0, 0.05) is 5.02 Å². The maximum atomic E-state index is 13.4. The van der Waals surface area contributed by atoms with Crippen molar-refractivity contribution in [2.75, 3.05) is 0 Å². The van der Waals surface area contributed by atoms with E-state index < -0.39 is 5.97 Å². The van der Waals surface area contributed by atoms with E-state index in [0.29, 0.717) is 16.5 Å². The number of rotatable bonds is 5. The van der Waals surface area contributed by atoms with Crippen LogP contribution in [0.15, 0.2) is 71.5 Å². The van der Waals surface area contributed by atoms with Crippen molar-refractivity contribution in [3.63, 3.8) is 0 Å². The van der Waals surface area contributed by atoms with Crippen LogP contribution in [0, 0.1) is 0 Å². The van der Waals surface area contributed by atoms with E-state index in [9.17, 15) is 14.7 Å². The summed E-state index contributed by atoms with van der Waals surface area (Å²) in [6.45, 7) is 4.51. The average molecular weight is 421 g/mol. The maximum absolute atomic E-state index is 13.4. The normalized spacial score (nSPS) is 11.3. The number of hydrogen-bond acceptors (Lipinski definition) is 2. The van der Waals surface area contributed by atoms with Gasteiger partial charge in [0.25, 0.3) is 0 Å². The van der Waals surface area contributed by atoms with Crippen molar-refractivity contribution in [2.45, 2.75) is 26.3 Å². The highest BCUT2D eigenvalue weighted by atomic mass is 35.5. The summed E-state index contributed by atoms with van der Waals surface area (Å²) in [5.41, 5.74) is 4.12. The lowest BCUT2D eigenvalue weighted by molar-refractivity contribution is 0.0696. The molecule has 0 spiro atoms. The fourth-order valence-electron chi connectivity index (χ4n) is 3.63. The molecule has 1 N–H and O–H groups in total. The number of nitrogens with zero attached hydrogens (tertiary/aromatic N) is 2. The summed E-state index contributed by atoms with van der Waals surface area (Å²) in [6.07, 6.45) is 0.